The molecule has 0 aromatic heterocycles. The Hall–Kier alpha value is -0.830. The first-order chi connectivity index (χ1) is 6.27. The van der Waals surface area contributed by atoms with E-state index in [-0.39, 0.29) is 42.4 Å². The van der Waals surface area contributed by atoms with Crippen LogP contribution in [-0.4, -0.2) is 39.5 Å². The average Bonchev–Trinajstić information content (AvgIpc) is 1.98. The smallest absolute Gasteiger partial charge is 0.565 e. The number of carboxylic acids is 2. The molecule has 0 bridgehead atoms. The summed E-state index contributed by atoms with van der Waals surface area (Å²) < 4.78 is 0. The van der Waals surface area contributed by atoms with Crippen LogP contribution in [-0.2, 0) is 9.59 Å². The first-order valence-electron chi connectivity index (χ1n) is 3.37. The van der Waals surface area contributed by atoms with E-state index in [0.29, 0.717) is 0 Å². The summed E-state index contributed by atoms with van der Waals surface area (Å²) in [4.78, 5) is 28.3. The molecule has 0 radical (unpaired) electrons. The van der Waals surface area contributed by atoms with E-state index in [4.69, 9.17) is 31.0 Å². The van der Waals surface area contributed by atoms with E-state index in [2.05, 4.69) is 0 Å². The molecule has 1 atom stereocenters. The van der Waals surface area contributed by atoms with Crippen molar-refractivity contribution in [3.8, 4) is 0 Å². The third-order valence-corrected chi connectivity index (χ3v) is 0.986. The van der Waals surface area contributed by atoms with Crippen LogP contribution < -0.4 is 40.4 Å². The van der Waals surface area contributed by atoms with Gasteiger partial charge in [-0.05, 0) is 6.42 Å². The number of aliphatic carboxylic acids is 2. The fourth-order valence-electron chi connectivity index (χ4n) is 0.402. The van der Waals surface area contributed by atoms with Crippen LogP contribution >= 0.6 is 0 Å². The fraction of sp³-hybridized carbons (Fsp3) is 0.500. The van der Waals surface area contributed by atoms with Gasteiger partial charge in [0.15, 0.2) is 0 Å². The zero-order valence-corrected chi connectivity index (χ0v) is 10.0. The Bertz CT molecular complexity index is 216. The number of carbonyl (C=O) groups is 3. The maximum atomic E-state index is 9.99. The second-order valence-corrected chi connectivity index (χ2v) is 2.14. The average molecular weight is 231 g/mol. The molecule has 0 fully saturated rings. The predicted octanol–water partition coefficient (Wildman–Crippen LogP) is -4.85. The minimum Gasteiger partial charge on any atom is -0.565 e. The number of nitrogens with two attached hydrogens (primary N) is 1. The molecule has 8 nitrogen and oxygen atoms in total. The summed E-state index contributed by atoms with van der Waals surface area (Å²) in [6, 6.07) is -1.06. The maximum Gasteiger partial charge on any atom is 1.00 e. The van der Waals surface area contributed by atoms with Crippen LogP contribution in [0.1, 0.15) is 12.8 Å². The minimum atomic E-state index is -2.08. The van der Waals surface area contributed by atoms with Crippen molar-refractivity contribution < 1.29 is 64.4 Å². The molecule has 5 N–H and O–H groups in total. The van der Waals surface area contributed by atoms with Crippen molar-refractivity contribution in [1.82, 2.24) is 0 Å². The standard InChI is InChI=1S/C5H9NO4.CH2O3.Na/c6-3(5(9)10)1-2-4(7)8;2-1(3)4;/h3H,1-2,6H2,(H,7,8)(H,9,10);(H2,2,3,4);/q;;+1/p-1/t3-;;/m0../s1. The van der Waals surface area contributed by atoms with Crippen molar-refractivity contribution in [1.29, 1.82) is 0 Å². The Balaban J connectivity index is -0.000000249. The van der Waals surface area contributed by atoms with Gasteiger partial charge in [-0.2, -0.15) is 0 Å². The van der Waals surface area contributed by atoms with E-state index in [1.807, 2.05) is 0 Å². The van der Waals surface area contributed by atoms with Crippen molar-refractivity contribution in [3.05, 3.63) is 0 Å². The number of rotatable bonds is 4. The van der Waals surface area contributed by atoms with E-state index in [9.17, 15) is 9.59 Å². The molecule has 0 rings (SSSR count). The van der Waals surface area contributed by atoms with Gasteiger partial charge in [-0.1, -0.05) is 0 Å². The summed E-state index contributed by atoms with van der Waals surface area (Å²) in [5.41, 5.74) is 5.00. The second kappa shape index (κ2) is 11.2. The third kappa shape index (κ3) is 24.6. The van der Waals surface area contributed by atoms with Gasteiger partial charge >= 0.3 is 41.5 Å². The van der Waals surface area contributed by atoms with Crippen molar-refractivity contribution in [3.63, 3.8) is 0 Å². The van der Waals surface area contributed by atoms with E-state index in [1.165, 1.54) is 0 Å². The monoisotopic (exact) mass is 231 g/mol. The summed E-state index contributed by atoms with van der Waals surface area (Å²) in [7, 11) is 0. The topological polar surface area (TPSA) is 161 Å². The van der Waals surface area contributed by atoms with Gasteiger partial charge in [-0.15, -0.1) is 0 Å². The van der Waals surface area contributed by atoms with Crippen LogP contribution in [0.5, 0.6) is 0 Å². The largest absolute Gasteiger partial charge is 1.00 e. The molecule has 0 unspecified atom stereocenters. The molecule has 0 aliphatic carbocycles. The van der Waals surface area contributed by atoms with Crippen LogP contribution in [0.25, 0.3) is 0 Å². The SMILES string of the molecule is N[C@@H](CCC(=O)O)C(=O)O.O=C([O-])O.[Na+]. The van der Waals surface area contributed by atoms with Crippen molar-refractivity contribution in [2.45, 2.75) is 18.9 Å². The molecule has 0 amide bonds. The van der Waals surface area contributed by atoms with Crippen LogP contribution in [0.15, 0.2) is 0 Å². The minimum absolute atomic E-state index is 0. The van der Waals surface area contributed by atoms with Gasteiger partial charge in [0.05, 0.1) is 0 Å². The Labute approximate surface area is 107 Å². The molecule has 9 heteroatoms. The van der Waals surface area contributed by atoms with Crippen LogP contribution in [0, 0.1) is 0 Å². The molecule has 0 aliphatic rings. The molecule has 0 aliphatic heterocycles. The summed E-state index contributed by atoms with van der Waals surface area (Å²) in [5.74, 6) is -2.20. The van der Waals surface area contributed by atoms with Gasteiger partial charge in [0.1, 0.15) is 6.04 Å². The molecule has 0 spiro atoms. The molecule has 0 saturated carbocycles. The van der Waals surface area contributed by atoms with Crippen molar-refractivity contribution >= 4 is 18.1 Å². The quantitative estimate of drug-likeness (QED) is 0.350. The summed E-state index contributed by atoms with van der Waals surface area (Å²) in [5, 5.41) is 31.6. The van der Waals surface area contributed by atoms with E-state index >= 15 is 0 Å². The molecular weight excluding hydrogens is 221 g/mol. The fourth-order valence-corrected chi connectivity index (χ4v) is 0.402. The maximum absolute atomic E-state index is 9.99. The first-order valence-corrected chi connectivity index (χ1v) is 3.37. The Morgan fingerprint density at radius 2 is 1.53 bits per heavy atom. The van der Waals surface area contributed by atoms with Crippen molar-refractivity contribution in [2.24, 2.45) is 5.73 Å². The molecule has 0 heterocycles. The Kier molecular flexibility index (Phi) is 14.8. The van der Waals surface area contributed by atoms with Crippen LogP contribution in [0.4, 0.5) is 4.79 Å². The molecule has 0 saturated heterocycles. The number of hydrogen-bond acceptors (Lipinski definition) is 5. The predicted molar refractivity (Wildman–Crippen MR) is 40.5 cm³/mol. The van der Waals surface area contributed by atoms with Crippen molar-refractivity contribution in [2.75, 3.05) is 0 Å². The number of carboxylic acid groups (broad SMARTS) is 4. The van der Waals surface area contributed by atoms with Crippen LogP contribution in [0.3, 0.4) is 0 Å². The number of hydrogen-bond donors (Lipinski definition) is 4. The summed E-state index contributed by atoms with van der Waals surface area (Å²) >= 11 is 0. The summed E-state index contributed by atoms with van der Waals surface area (Å²) in [6.07, 6.45) is -2.31. The van der Waals surface area contributed by atoms with Gasteiger partial charge in [0, 0.05) is 6.42 Å². The summed E-state index contributed by atoms with van der Waals surface area (Å²) in [6.45, 7) is 0. The van der Waals surface area contributed by atoms with Gasteiger partial charge in [0.2, 0.25) is 6.16 Å². The normalized spacial score (nSPS) is 9.93. The third-order valence-electron chi connectivity index (χ3n) is 0.986. The molecule has 0 aromatic rings. The zero-order valence-electron chi connectivity index (χ0n) is 8.04. The zero-order chi connectivity index (χ0) is 11.7. The van der Waals surface area contributed by atoms with E-state index in [0.717, 1.165) is 0 Å². The van der Waals surface area contributed by atoms with Gasteiger partial charge in [0.25, 0.3) is 0 Å². The molecular formula is C6H10NNaO7. The van der Waals surface area contributed by atoms with E-state index in [1.54, 1.807) is 0 Å². The van der Waals surface area contributed by atoms with E-state index < -0.39 is 24.1 Å². The van der Waals surface area contributed by atoms with Crippen LogP contribution in [0.2, 0.25) is 0 Å². The first kappa shape index (κ1) is 19.7. The second-order valence-electron chi connectivity index (χ2n) is 2.14. The Morgan fingerprint density at radius 1 is 1.20 bits per heavy atom. The van der Waals surface area contributed by atoms with Gasteiger partial charge in [-0.3, -0.25) is 9.59 Å². The molecule has 0 aromatic carbocycles. The molecule has 15 heavy (non-hydrogen) atoms. The van der Waals surface area contributed by atoms with Gasteiger partial charge in [-0.25, -0.2) is 0 Å². The van der Waals surface area contributed by atoms with Gasteiger partial charge < -0.3 is 31.0 Å². The molecule has 82 valence electrons. The Morgan fingerprint density at radius 3 is 1.73 bits per heavy atom.